The van der Waals surface area contributed by atoms with Gasteiger partial charge in [0.2, 0.25) is 5.95 Å². The van der Waals surface area contributed by atoms with Gasteiger partial charge in [-0.25, -0.2) is 4.79 Å². The Hall–Kier alpha value is -3.42. The van der Waals surface area contributed by atoms with Crippen LogP contribution in [0.4, 0.5) is 11.6 Å². The molecule has 0 amide bonds. The second-order valence-electron chi connectivity index (χ2n) is 5.55. The number of H-pyrrole nitrogens is 1. The van der Waals surface area contributed by atoms with Gasteiger partial charge in [-0.15, -0.1) is 10.2 Å². The molecule has 8 nitrogen and oxygen atoms in total. The molecule has 0 aliphatic heterocycles. The zero-order valence-corrected chi connectivity index (χ0v) is 14.2. The van der Waals surface area contributed by atoms with Crippen LogP contribution in [0.5, 0.6) is 0 Å². The van der Waals surface area contributed by atoms with Gasteiger partial charge in [0, 0.05) is 5.69 Å². The number of furan rings is 1. The minimum atomic E-state index is -0.399. The van der Waals surface area contributed by atoms with Gasteiger partial charge in [-0.1, -0.05) is 13.0 Å². The number of carbonyl (C=O) groups is 1. The van der Waals surface area contributed by atoms with Crippen molar-refractivity contribution in [2.24, 2.45) is 0 Å². The number of hydrogen-bond donors (Lipinski definition) is 2. The molecule has 0 saturated heterocycles. The molecule has 3 aromatic rings. The lowest BCUT2D eigenvalue weighted by molar-refractivity contribution is 0.0505. The number of aromatic amines is 1. The predicted molar refractivity (Wildman–Crippen MR) is 94.5 cm³/mol. The number of hydrogen-bond acceptors (Lipinski definition) is 7. The van der Waals surface area contributed by atoms with Gasteiger partial charge in [0.25, 0.3) is 5.56 Å². The minimum absolute atomic E-state index is 0.178. The molecule has 0 unspecified atom stereocenters. The molecule has 26 heavy (non-hydrogen) atoms. The van der Waals surface area contributed by atoms with Gasteiger partial charge in [-0.3, -0.25) is 9.78 Å². The molecule has 0 aliphatic rings. The lowest BCUT2D eigenvalue weighted by Crippen LogP contribution is -2.18. The average Bonchev–Trinajstić information content (AvgIpc) is 3.15. The number of esters is 1. The van der Waals surface area contributed by atoms with Gasteiger partial charge < -0.3 is 14.5 Å². The average molecular weight is 354 g/mol. The lowest BCUT2D eigenvalue weighted by Gasteiger charge is -2.07. The zero-order valence-electron chi connectivity index (χ0n) is 14.2. The van der Waals surface area contributed by atoms with E-state index in [1.807, 2.05) is 6.92 Å². The Morgan fingerprint density at radius 2 is 2.15 bits per heavy atom. The van der Waals surface area contributed by atoms with Gasteiger partial charge in [0.05, 0.1) is 24.9 Å². The van der Waals surface area contributed by atoms with Crippen molar-refractivity contribution in [2.75, 3.05) is 11.9 Å². The van der Waals surface area contributed by atoms with E-state index in [-0.39, 0.29) is 23.6 Å². The fraction of sp³-hybridized carbons (Fsp3) is 0.222. The highest BCUT2D eigenvalue weighted by Crippen LogP contribution is 2.15. The molecule has 3 rings (SSSR count). The van der Waals surface area contributed by atoms with E-state index in [4.69, 9.17) is 9.15 Å². The fourth-order valence-corrected chi connectivity index (χ4v) is 2.25. The lowest BCUT2D eigenvalue weighted by atomic mass is 10.2. The second-order valence-corrected chi connectivity index (χ2v) is 5.55. The first-order chi connectivity index (χ1) is 12.7. The minimum Gasteiger partial charge on any atom is -0.469 e. The number of ether oxygens (including phenoxy) is 1. The number of rotatable bonds is 7. The predicted octanol–water partition coefficient (Wildman–Crippen LogP) is 2.66. The topological polar surface area (TPSA) is 110 Å². The molecule has 0 radical (unpaired) electrons. The van der Waals surface area contributed by atoms with Crippen LogP contribution >= 0.6 is 0 Å². The van der Waals surface area contributed by atoms with Gasteiger partial charge >= 0.3 is 5.97 Å². The Kier molecular flexibility index (Phi) is 5.43. The SMILES string of the molecule is CCCOC(=O)c1cccc(Nc2nnc(Cc3ccco3)c(=O)[nH]2)c1. The summed E-state index contributed by atoms with van der Waals surface area (Å²) < 4.78 is 10.3. The Balaban J connectivity index is 1.72. The largest absolute Gasteiger partial charge is 0.469 e. The molecule has 0 bridgehead atoms. The highest BCUT2D eigenvalue weighted by molar-refractivity contribution is 5.90. The second kappa shape index (κ2) is 8.11. The highest BCUT2D eigenvalue weighted by atomic mass is 16.5. The first kappa shape index (κ1) is 17.4. The maximum Gasteiger partial charge on any atom is 0.338 e. The number of aromatic nitrogens is 3. The van der Waals surface area contributed by atoms with Gasteiger partial charge in [-0.2, -0.15) is 0 Å². The summed E-state index contributed by atoms with van der Waals surface area (Å²) in [6.45, 7) is 2.29. The van der Waals surface area contributed by atoms with Crippen molar-refractivity contribution in [2.45, 2.75) is 19.8 Å². The zero-order chi connectivity index (χ0) is 18.4. The summed E-state index contributed by atoms with van der Waals surface area (Å²) in [4.78, 5) is 26.7. The molecule has 0 atom stereocenters. The van der Waals surface area contributed by atoms with Gasteiger partial charge in [0.1, 0.15) is 11.5 Å². The number of nitrogens with zero attached hydrogens (tertiary/aromatic N) is 2. The molecule has 134 valence electrons. The number of carbonyl (C=O) groups excluding carboxylic acids is 1. The number of nitrogens with one attached hydrogen (secondary N) is 2. The molecule has 2 aromatic heterocycles. The van der Waals surface area contributed by atoms with Crippen molar-refractivity contribution in [3.05, 3.63) is 70.0 Å². The van der Waals surface area contributed by atoms with Crippen LogP contribution in [0.3, 0.4) is 0 Å². The summed E-state index contributed by atoms with van der Waals surface area (Å²) in [5, 5.41) is 10.8. The molecule has 0 aliphatic carbocycles. The Labute approximate surface area is 149 Å². The summed E-state index contributed by atoms with van der Waals surface area (Å²) in [6.07, 6.45) is 2.55. The quantitative estimate of drug-likeness (QED) is 0.628. The summed E-state index contributed by atoms with van der Waals surface area (Å²) >= 11 is 0. The van der Waals surface area contributed by atoms with Crippen LogP contribution in [0, 0.1) is 0 Å². The maximum atomic E-state index is 12.1. The number of anilines is 2. The first-order valence-corrected chi connectivity index (χ1v) is 8.18. The van der Waals surface area contributed by atoms with Crippen LogP contribution in [0.15, 0.2) is 51.9 Å². The van der Waals surface area contributed by atoms with Crippen LogP contribution in [0.1, 0.15) is 35.2 Å². The molecule has 0 spiro atoms. The van der Waals surface area contributed by atoms with Crippen molar-refractivity contribution in [3.63, 3.8) is 0 Å². The third kappa shape index (κ3) is 4.35. The molecule has 2 heterocycles. The molecule has 1 aromatic carbocycles. The van der Waals surface area contributed by atoms with Crippen LogP contribution in [0.2, 0.25) is 0 Å². The van der Waals surface area contributed by atoms with Crippen LogP contribution in [-0.4, -0.2) is 27.8 Å². The van der Waals surface area contributed by atoms with Gasteiger partial charge in [0.15, 0.2) is 0 Å². The van der Waals surface area contributed by atoms with Crippen molar-refractivity contribution < 1.29 is 13.9 Å². The molecular formula is C18H18N4O4. The van der Waals surface area contributed by atoms with Crippen LogP contribution < -0.4 is 10.9 Å². The van der Waals surface area contributed by atoms with Gasteiger partial charge in [-0.05, 0) is 36.8 Å². The summed E-state index contributed by atoms with van der Waals surface area (Å²) in [6, 6.07) is 10.2. The molecule has 2 N–H and O–H groups in total. The summed E-state index contributed by atoms with van der Waals surface area (Å²) in [5.41, 5.74) is 0.882. The van der Waals surface area contributed by atoms with E-state index in [0.29, 0.717) is 23.6 Å². The monoisotopic (exact) mass is 354 g/mol. The summed E-state index contributed by atoms with van der Waals surface area (Å²) in [7, 11) is 0. The van der Waals surface area contributed by atoms with Crippen molar-refractivity contribution >= 4 is 17.6 Å². The third-order valence-corrected chi connectivity index (χ3v) is 3.48. The molecular weight excluding hydrogens is 336 g/mol. The van der Waals surface area contributed by atoms with E-state index < -0.39 is 5.97 Å². The third-order valence-electron chi connectivity index (χ3n) is 3.48. The normalized spacial score (nSPS) is 10.5. The standard InChI is InChI=1S/C18H18N4O4/c1-2-8-26-17(24)12-5-3-6-13(10-12)19-18-20-16(23)15(21-22-18)11-14-7-4-9-25-14/h3-7,9-10H,2,8,11H2,1H3,(H2,19,20,22,23). The smallest absolute Gasteiger partial charge is 0.338 e. The van der Waals surface area contributed by atoms with Crippen molar-refractivity contribution in [3.8, 4) is 0 Å². The fourth-order valence-electron chi connectivity index (χ4n) is 2.25. The van der Waals surface area contributed by atoms with E-state index >= 15 is 0 Å². The first-order valence-electron chi connectivity index (χ1n) is 8.18. The van der Waals surface area contributed by atoms with Crippen molar-refractivity contribution in [1.29, 1.82) is 0 Å². The Morgan fingerprint density at radius 3 is 2.88 bits per heavy atom. The molecule has 8 heteroatoms. The molecule has 0 saturated carbocycles. The molecule has 0 fully saturated rings. The van der Waals surface area contributed by atoms with E-state index in [9.17, 15) is 9.59 Å². The maximum absolute atomic E-state index is 12.1. The Bertz CT molecular complexity index is 934. The number of benzene rings is 1. The Morgan fingerprint density at radius 1 is 1.27 bits per heavy atom. The van der Waals surface area contributed by atoms with E-state index in [2.05, 4.69) is 20.5 Å². The van der Waals surface area contributed by atoms with Crippen LogP contribution in [0.25, 0.3) is 0 Å². The highest BCUT2D eigenvalue weighted by Gasteiger charge is 2.10. The van der Waals surface area contributed by atoms with E-state index in [1.165, 1.54) is 6.26 Å². The van der Waals surface area contributed by atoms with E-state index in [0.717, 1.165) is 6.42 Å². The van der Waals surface area contributed by atoms with E-state index in [1.54, 1.807) is 36.4 Å². The van der Waals surface area contributed by atoms with Crippen molar-refractivity contribution in [1.82, 2.24) is 15.2 Å². The summed E-state index contributed by atoms with van der Waals surface area (Å²) in [5.74, 6) is 0.407. The van der Waals surface area contributed by atoms with Crippen LogP contribution in [-0.2, 0) is 11.2 Å².